The highest BCUT2D eigenvalue weighted by Gasteiger charge is 2.39. The van der Waals surface area contributed by atoms with Crippen LogP contribution in [0.2, 0.25) is 0 Å². The molecule has 1 saturated carbocycles. The molecule has 0 saturated heterocycles. The van der Waals surface area contributed by atoms with E-state index in [4.69, 9.17) is 15.2 Å². The summed E-state index contributed by atoms with van der Waals surface area (Å²) in [5.41, 5.74) is 6.68. The van der Waals surface area contributed by atoms with Crippen LogP contribution in [0.25, 0.3) is 0 Å². The van der Waals surface area contributed by atoms with Gasteiger partial charge in [0.1, 0.15) is 17.7 Å². The zero-order chi connectivity index (χ0) is 22.4. The normalized spacial score (nSPS) is 22.8. The monoisotopic (exact) mass is 429 g/mol. The Kier molecular flexibility index (Phi) is 7.79. The number of nitrogens with two attached hydrogens (primary N) is 1. The molecule has 1 aromatic carbocycles. The fourth-order valence-electron chi connectivity index (χ4n) is 4.11. The fraction of sp³-hybridized carbons (Fsp3) is 0.565. The standard InChI is InChI=1S/C23H31N3O5/c1-3-18-19(22(28)30-13-15-8-5-4-6-9-15)20(26-23(29)25-18)16-10-7-11-17(12-16)31-21(27)14(2)24/h7,10-12,14-15,19-20H,3-6,8-9,13,24H2,1-2H3,(H,26,29). The van der Waals surface area contributed by atoms with Crippen molar-refractivity contribution in [2.45, 2.75) is 64.5 Å². The second-order valence-electron chi connectivity index (χ2n) is 8.28. The van der Waals surface area contributed by atoms with Gasteiger partial charge in [-0.25, -0.2) is 14.6 Å². The average molecular weight is 430 g/mol. The Morgan fingerprint density at radius 1 is 1.26 bits per heavy atom. The van der Waals surface area contributed by atoms with E-state index in [2.05, 4.69) is 10.3 Å². The van der Waals surface area contributed by atoms with E-state index < -0.39 is 36.0 Å². The van der Waals surface area contributed by atoms with E-state index in [0.717, 1.165) is 12.8 Å². The molecule has 31 heavy (non-hydrogen) atoms. The van der Waals surface area contributed by atoms with Crippen molar-refractivity contribution in [2.24, 2.45) is 22.6 Å². The maximum absolute atomic E-state index is 13.1. The predicted octanol–water partition coefficient (Wildman–Crippen LogP) is 3.29. The molecule has 1 fully saturated rings. The first-order valence-electron chi connectivity index (χ1n) is 11.0. The number of carbonyl (C=O) groups excluding carboxylic acids is 3. The van der Waals surface area contributed by atoms with Crippen LogP contribution in [-0.2, 0) is 14.3 Å². The minimum Gasteiger partial charge on any atom is -0.465 e. The lowest BCUT2D eigenvalue weighted by Crippen LogP contribution is -2.45. The van der Waals surface area contributed by atoms with Gasteiger partial charge in [-0.1, -0.05) is 38.3 Å². The number of amides is 2. The second-order valence-corrected chi connectivity index (χ2v) is 8.28. The third-order valence-electron chi connectivity index (χ3n) is 5.83. The van der Waals surface area contributed by atoms with E-state index in [1.165, 1.54) is 26.2 Å². The van der Waals surface area contributed by atoms with Gasteiger partial charge in [-0.15, -0.1) is 0 Å². The maximum Gasteiger partial charge on any atom is 0.341 e. The number of carbonyl (C=O) groups is 3. The first kappa shape index (κ1) is 22.9. The summed E-state index contributed by atoms with van der Waals surface area (Å²) in [6.07, 6.45) is 6.15. The van der Waals surface area contributed by atoms with Crippen LogP contribution < -0.4 is 15.8 Å². The van der Waals surface area contributed by atoms with E-state index in [-0.39, 0.29) is 0 Å². The molecular formula is C23H31N3O5. The number of benzene rings is 1. The highest BCUT2D eigenvalue weighted by atomic mass is 16.5. The Balaban J connectivity index is 1.81. The minimum atomic E-state index is -0.764. The van der Waals surface area contributed by atoms with Gasteiger partial charge in [0, 0.05) is 5.71 Å². The molecular weight excluding hydrogens is 398 g/mol. The Morgan fingerprint density at radius 3 is 2.68 bits per heavy atom. The molecule has 1 aromatic rings. The molecule has 168 valence electrons. The van der Waals surface area contributed by atoms with Crippen LogP contribution in [0.5, 0.6) is 5.75 Å². The zero-order valence-corrected chi connectivity index (χ0v) is 18.1. The van der Waals surface area contributed by atoms with Crippen molar-refractivity contribution in [3.05, 3.63) is 29.8 Å². The summed E-state index contributed by atoms with van der Waals surface area (Å²) in [4.78, 5) is 41.2. The average Bonchev–Trinajstić information content (AvgIpc) is 2.77. The molecule has 3 atom stereocenters. The molecule has 0 spiro atoms. The van der Waals surface area contributed by atoms with Crippen molar-refractivity contribution < 1.29 is 23.9 Å². The Labute approximate surface area is 182 Å². The van der Waals surface area contributed by atoms with Gasteiger partial charge in [0.05, 0.1) is 12.6 Å². The van der Waals surface area contributed by atoms with Crippen molar-refractivity contribution in [1.29, 1.82) is 0 Å². The fourth-order valence-corrected chi connectivity index (χ4v) is 4.11. The maximum atomic E-state index is 13.1. The molecule has 2 aliphatic rings. The van der Waals surface area contributed by atoms with Crippen LogP contribution in [0.3, 0.4) is 0 Å². The molecule has 3 unspecified atom stereocenters. The van der Waals surface area contributed by atoms with Gasteiger partial charge in [0.2, 0.25) is 0 Å². The van der Waals surface area contributed by atoms with Crippen LogP contribution in [0.15, 0.2) is 29.3 Å². The quantitative estimate of drug-likeness (QED) is 0.507. The lowest BCUT2D eigenvalue weighted by Gasteiger charge is -2.31. The van der Waals surface area contributed by atoms with E-state index >= 15 is 0 Å². The summed E-state index contributed by atoms with van der Waals surface area (Å²) < 4.78 is 11.0. The molecule has 1 aliphatic heterocycles. The van der Waals surface area contributed by atoms with Crippen LogP contribution in [0.1, 0.15) is 64.0 Å². The van der Waals surface area contributed by atoms with Crippen molar-refractivity contribution in [3.63, 3.8) is 0 Å². The zero-order valence-electron chi connectivity index (χ0n) is 18.1. The lowest BCUT2D eigenvalue weighted by atomic mass is 9.86. The number of nitrogens with zero attached hydrogens (tertiary/aromatic N) is 1. The van der Waals surface area contributed by atoms with Gasteiger partial charge in [-0.05, 0) is 49.8 Å². The molecule has 1 heterocycles. The van der Waals surface area contributed by atoms with Crippen LogP contribution in [-0.4, -0.2) is 36.3 Å². The largest absolute Gasteiger partial charge is 0.465 e. The smallest absolute Gasteiger partial charge is 0.341 e. The van der Waals surface area contributed by atoms with Gasteiger partial charge in [0.25, 0.3) is 0 Å². The minimum absolute atomic E-state index is 0.295. The number of hydrogen-bond acceptors (Lipinski definition) is 6. The summed E-state index contributed by atoms with van der Waals surface area (Å²) in [6.45, 7) is 3.78. The van der Waals surface area contributed by atoms with Crippen molar-refractivity contribution >= 4 is 23.7 Å². The summed E-state index contributed by atoms with van der Waals surface area (Å²) in [6, 6.07) is 4.80. The lowest BCUT2D eigenvalue weighted by molar-refractivity contribution is -0.148. The topological polar surface area (TPSA) is 120 Å². The highest BCUT2D eigenvalue weighted by Crippen LogP contribution is 2.32. The first-order chi connectivity index (χ1) is 14.9. The number of ether oxygens (including phenoxy) is 2. The van der Waals surface area contributed by atoms with Crippen molar-refractivity contribution in [3.8, 4) is 5.75 Å². The summed E-state index contributed by atoms with van der Waals surface area (Å²) in [5, 5.41) is 2.78. The van der Waals surface area contributed by atoms with Gasteiger partial charge in [-0.2, -0.15) is 0 Å². The van der Waals surface area contributed by atoms with E-state index in [0.29, 0.717) is 36.0 Å². The molecule has 0 bridgehead atoms. The van der Waals surface area contributed by atoms with Crippen molar-refractivity contribution in [2.75, 3.05) is 6.61 Å². The number of esters is 2. The van der Waals surface area contributed by atoms with Crippen molar-refractivity contribution in [1.82, 2.24) is 5.32 Å². The summed E-state index contributed by atoms with van der Waals surface area (Å²) >= 11 is 0. The van der Waals surface area contributed by atoms with Gasteiger partial charge < -0.3 is 20.5 Å². The predicted molar refractivity (Wildman–Crippen MR) is 116 cm³/mol. The third kappa shape index (κ3) is 5.91. The van der Waals surface area contributed by atoms with Gasteiger partial charge in [-0.3, -0.25) is 4.79 Å². The Bertz CT molecular complexity index is 845. The second kappa shape index (κ2) is 10.5. The Hall–Kier alpha value is -2.74. The SMILES string of the molecule is CCC1=NC(=O)NC(c2cccc(OC(=O)C(C)N)c2)C1C(=O)OCC1CCCCC1. The Morgan fingerprint density at radius 2 is 2.00 bits per heavy atom. The molecule has 0 radical (unpaired) electrons. The third-order valence-corrected chi connectivity index (χ3v) is 5.83. The number of nitrogens with one attached hydrogen (secondary N) is 1. The van der Waals surface area contributed by atoms with Crippen LogP contribution in [0, 0.1) is 11.8 Å². The van der Waals surface area contributed by atoms with E-state index in [1.807, 2.05) is 6.92 Å². The number of rotatable bonds is 7. The molecule has 8 heteroatoms. The van der Waals surface area contributed by atoms with Gasteiger partial charge in [0.15, 0.2) is 0 Å². The van der Waals surface area contributed by atoms with Crippen LogP contribution >= 0.6 is 0 Å². The molecule has 0 aromatic heterocycles. The molecule has 8 nitrogen and oxygen atoms in total. The molecule has 2 amide bonds. The summed E-state index contributed by atoms with van der Waals surface area (Å²) in [7, 11) is 0. The highest BCUT2D eigenvalue weighted by molar-refractivity contribution is 6.09. The van der Waals surface area contributed by atoms with E-state index in [9.17, 15) is 14.4 Å². The number of urea groups is 1. The molecule has 3 rings (SSSR count). The first-order valence-corrected chi connectivity index (χ1v) is 11.0. The summed E-state index contributed by atoms with van der Waals surface area (Å²) in [5.74, 6) is -1.01. The van der Waals surface area contributed by atoms with Crippen LogP contribution in [0.4, 0.5) is 4.79 Å². The molecule has 1 aliphatic carbocycles. The number of hydrogen-bond donors (Lipinski definition) is 2. The molecule has 3 N–H and O–H groups in total. The van der Waals surface area contributed by atoms with E-state index in [1.54, 1.807) is 24.3 Å². The van der Waals surface area contributed by atoms with Gasteiger partial charge >= 0.3 is 18.0 Å². The number of aliphatic imine (C=N–C) groups is 1.